The molecule has 1 N–H and O–H groups in total. The van der Waals surface area contributed by atoms with Gasteiger partial charge < -0.3 is 14.6 Å². The topological polar surface area (TPSA) is 55.8 Å². The first-order valence-electron chi connectivity index (χ1n) is 3.97. The average molecular weight is 194 g/mol. The maximum absolute atomic E-state index is 10.2. The number of carbonyl (C=O) groups is 1. The van der Waals surface area contributed by atoms with E-state index in [1.165, 1.54) is 12.5 Å². The summed E-state index contributed by atoms with van der Waals surface area (Å²) in [6.07, 6.45) is 3.03. The molecule has 1 heterocycles. The Morgan fingerprint density at radius 3 is 2.00 bits per heavy atom. The Morgan fingerprint density at radius 2 is 1.71 bits per heavy atom. The lowest BCUT2D eigenvalue weighted by Gasteiger charge is -1.88. The normalized spacial score (nSPS) is 12.0. The lowest BCUT2D eigenvalue weighted by molar-refractivity contribution is 0.0697. The first kappa shape index (κ1) is 10.1. The number of ether oxygens (including phenoxy) is 2. The third-order valence-electron chi connectivity index (χ3n) is 1.40. The van der Waals surface area contributed by atoms with Crippen LogP contribution in [0.1, 0.15) is 10.4 Å². The highest BCUT2D eigenvalue weighted by Gasteiger charge is 1.96. The van der Waals surface area contributed by atoms with Gasteiger partial charge in [-0.05, 0) is 12.1 Å². The van der Waals surface area contributed by atoms with Crippen LogP contribution >= 0.6 is 0 Å². The van der Waals surface area contributed by atoms with Crippen LogP contribution in [0, 0.1) is 0 Å². The highest BCUT2D eigenvalue weighted by Crippen LogP contribution is 1.96. The minimum absolute atomic E-state index is 0.331. The molecule has 14 heavy (non-hydrogen) atoms. The second kappa shape index (κ2) is 5.64. The van der Waals surface area contributed by atoms with Crippen molar-refractivity contribution in [2.45, 2.75) is 0 Å². The summed E-state index contributed by atoms with van der Waals surface area (Å²) in [5.41, 5.74) is 0.331. The first-order chi connectivity index (χ1) is 6.80. The van der Waals surface area contributed by atoms with Crippen LogP contribution in [0.4, 0.5) is 0 Å². The molecule has 74 valence electrons. The number of benzene rings is 1. The van der Waals surface area contributed by atoms with E-state index >= 15 is 0 Å². The first-order valence-corrected chi connectivity index (χ1v) is 3.97. The highest BCUT2D eigenvalue weighted by atomic mass is 16.7. The van der Waals surface area contributed by atoms with E-state index in [-0.39, 0.29) is 0 Å². The molecule has 4 heteroatoms. The van der Waals surface area contributed by atoms with E-state index in [0.29, 0.717) is 12.4 Å². The predicted octanol–water partition coefficient (Wildman–Crippen LogP) is 1.85. The molecule has 0 aromatic heterocycles. The summed E-state index contributed by atoms with van der Waals surface area (Å²) in [7, 11) is 0. The molecular formula is C10H10O4. The van der Waals surface area contributed by atoms with E-state index in [9.17, 15) is 4.79 Å². The van der Waals surface area contributed by atoms with Gasteiger partial charge in [0.05, 0.1) is 5.56 Å². The SMILES string of the molecule is C1=COCO1.O=C(O)c1ccccc1. The zero-order valence-corrected chi connectivity index (χ0v) is 7.42. The van der Waals surface area contributed by atoms with Gasteiger partial charge in [-0.1, -0.05) is 18.2 Å². The van der Waals surface area contributed by atoms with Crippen molar-refractivity contribution in [3.05, 3.63) is 48.4 Å². The largest absolute Gasteiger partial charge is 0.478 e. The molecular weight excluding hydrogens is 184 g/mol. The van der Waals surface area contributed by atoms with Gasteiger partial charge >= 0.3 is 5.97 Å². The van der Waals surface area contributed by atoms with E-state index in [2.05, 4.69) is 9.47 Å². The maximum Gasteiger partial charge on any atom is 0.335 e. The molecule has 0 unspecified atom stereocenters. The molecule has 0 saturated carbocycles. The van der Waals surface area contributed by atoms with Crippen LogP contribution in [0.15, 0.2) is 42.9 Å². The quantitative estimate of drug-likeness (QED) is 0.741. The molecule has 0 radical (unpaired) electrons. The number of aromatic carboxylic acids is 1. The second-order valence-electron chi connectivity index (χ2n) is 2.39. The number of hydrogen-bond donors (Lipinski definition) is 1. The summed E-state index contributed by atoms with van der Waals surface area (Å²) in [4.78, 5) is 10.2. The Kier molecular flexibility index (Phi) is 4.07. The summed E-state index contributed by atoms with van der Waals surface area (Å²) in [5.74, 6) is -0.879. The summed E-state index contributed by atoms with van der Waals surface area (Å²) in [5, 5.41) is 8.38. The minimum Gasteiger partial charge on any atom is -0.478 e. The lowest BCUT2D eigenvalue weighted by atomic mass is 10.2. The fourth-order valence-electron chi connectivity index (χ4n) is 0.777. The zero-order chi connectivity index (χ0) is 10.2. The van der Waals surface area contributed by atoms with Crippen LogP contribution in [0.25, 0.3) is 0 Å². The van der Waals surface area contributed by atoms with E-state index < -0.39 is 5.97 Å². The van der Waals surface area contributed by atoms with E-state index in [4.69, 9.17) is 5.11 Å². The summed E-state index contributed by atoms with van der Waals surface area (Å²) >= 11 is 0. The fraction of sp³-hybridized carbons (Fsp3) is 0.100. The molecule has 4 nitrogen and oxygen atoms in total. The van der Waals surface area contributed by atoms with Crippen LogP contribution in [0.3, 0.4) is 0 Å². The van der Waals surface area contributed by atoms with E-state index in [0.717, 1.165) is 0 Å². The van der Waals surface area contributed by atoms with Gasteiger partial charge in [0, 0.05) is 0 Å². The molecule has 1 aromatic carbocycles. The minimum atomic E-state index is -0.879. The average Bonchev–Trinajstić information content (AvgIpc) is 2.77. The molecule has 0 amide bonds. The van der Waals surface area contributed by atoms with Crippen molar-refractivity contribution in [2.24, 2.45) is 0 Å². The van der Waals surface area contributed by atoms with Crippen molar-refractivity contribution in [1.82, 2.24) is 0 Å². The predicted molar refractivity (Wildman–Crippen MR) is 49.6 cm³/mol. The molecule has 0 spiro atoms. The molecule has 0 aliphatic carbocycles. The Hall–Kier alpha value is -1.97. The molecule has 1 aromatic rings. The Labute approximate surface area is 81.4 Å². The monoisotopic (exact) mass is 194 g/mol. The van der Waals surface area contributed by atoms with Gasteiger partial charge in [-0.15, -0.1) is 0 Å². The maximum atomic E-state index is 10.2. The number of hydrogen-bond acceptors (Lipinski definition) is 3. The van der Waals surface area contributed by atoms with Crippen molar-refractivity contribution >= 4 is 5.97 Å². The van der Waals surface area contributed by atoms with Gasteiger partial charge in [0.15, 0.2) is 0 Å². The summed E-state index contributed by atoms with van der Waals surface area (Å²) < 4.78 is 9.08. The smallest absolute Gasteiger partial charge is 0.335 e. The van der Waals surface area contributed by atoms with Gasteiger partial charge in [0.2, 0.25) is 6.79 Å². The molecule has 0 fully saturated rings. The molecule has 2 rings (SSSR count). The van der Waals surface area contributed by atoms with Crippen molar-refractivity contribution < 1.29 is 19.4 Å². The van der Waals surface area contributed by atoms with Gasteiger partial charge in [-0.25, -0.2) is 4.79 Å². The van der Waals surface area contributed by atoms with Crippen LogP contribution in [0.5, 0.6) is 0 Å². The molecule has 0 atom stereocenters. The van der Waals surface area contributed by atoms with Gasteiger partial charge in [-0.3, -0.25) is 0 Å². The second-order valence-corrected chi connectivity index (χ2v) is 2.39. The van der Waals surface area contributed by atoms with Crippen molar-refractivity contribution in [3.63, 3.8) is 0 Å². The molecule has 0 bridgehead atoms. The van der Waals surface area contributed by atoms with E-state index in [1.54, 1.807) is 30.3 Å². The summed E-state index contributed by atoms with van der Waals surface area (Å²) in [6, 6.07) is 8.30. The van der Waals surface area contributed by atoms with Gasteiger partial charge in [-0.2, -0.15) is 0 Å². The Balaban J connectivity index is 0.000000165. The third kappa shape index (κ3) is 3.62. The summed E-state index contributed by atoms with van der Waals surface area (Å²) in [6.45, 7) is 0.389. The van der Waals surface area contributed by atoms with Crippen LogP contribution in [-0.2, 0) is 9.47 Å². The van der Waals surface area contributed by atoms with Crippen LogP contribution < -0.4 is 0 Å². The number of carboxylic acid groups (broad SMARTS) is 1. The van der Waals surface area contributed by atoms with Crippen molar-refractivity contribution in [2.75, 3.05) is 6.79 Å². The lowest BCUT2D eigenvalue weighted by Crippen LogP contribution is -1.93. The van der Waals surface area contributed by atoms with Gasteiger partial charge in [0.1, 0.15) is 12.5 Å². The van der Waals surface area contributed by atoms with Gasteiger partial charge in [0.25, 0.3) is 0 Å². The Bertz CT molecular complexity index is 299. The van der Waals surface area contributed by atoms with Crippen LogP contribution in [-0.4, -0.2) is 17.9 Å². The molecule has 1 aliphatic heterocycles. The zero-order valence-electron chi connectivity index (χ0n) is 7.42. The van der Waals surface area contributed by atoms with Crippen molar-refractivity contribution in [1.29, 1.82) is 0 Å². The number of rotatable bonds is 1. The Morgan fingerprint density at radius 1 is 1.14 bits per heavy atom. The van der Waals surface area contributed by atoms with Crippen molar-refractivity contribution in [3.8, 4) is 0 Å². The standard InChI is InChI=1S/C7H6O2.C3H4O2/c8-7(9)6-4-2-1-3-5-6;1-2-5-3-4-1/h1-5H,(H,8,9);1-2H,3H2. The van der Waals surface area contributed by atoms with E-state index in [1.807, 2.05) is 0 Å². The third-order valence-corrected chi connectivity index (χ3v) is 1.40. The fourth-order valence-corrected chi connectivity index (χ4v) is 0.777. The highest BCUT2D eigenvalue weighted by molar-refractivity contribution is 5.87. The van der Waals surface area contributed by atoms with Crippen LogP contribution in [0.2, 0.25) is 0 Å². The molecule has 1 aliphatic rings. The number of carboxylic acids is 1. The molecule has 0 saturated heterocycles.